The molecule has 0 saturated heterocycles. The Morgan fingerprint density at radius 1 is 1.42 bits per heavy atom. The number of hydrogen-bond donors (Lipinski definition) is 0. The molecule has 4 heteroatoms. The van der Waals surface area contributed by atoms with Crippen LogP contribution in [0.1, 0.15) is 25.7 Å². The second kappa shape index (κ2) is 6.31. The Labute approximate surface area is 92.7 Å². The molecular weight excluding hydrogens is 231 g/mol. The summed E-state index contributed by atoms with van der Waals surface area (Å²) < 4.78 is -0.671. The topological polar surface area (TPSA) is 0 Å². The number of rotatable bonds is 6. The second-order valence-corrected chi connectivity index (χ2v) is 8.13. The summed E-state index contributed by atoms with van der Waals surface area (Å²) in [4.78, 5) is 0. The average molecular weight is 246 g/mol. The van der Waals surface area contributed by atoms with Gasteiger partial charge in [-0.05, 0) is 19.3 Å². The van der Waals surface area contributed by atoms with Crippen LogP contribution in [0.25, 0.3) is 0 Å². The lowest BCUT2D eigenvalue weighted by Gasteiger charge is -2.19. The van der Waals surface area contributed by atoms with Gasteiger partial charge in [0.05, 0.1) is 15.6 Å². The number of unbranched alkanes of at least 4 members (excludes halogenated alkanes) is 2. The minimum Gasteiger partial charge on any atom is -0.120 e. The van der Waals surface area contributed by atoms with Gasteiger partial charge in [-0.15, -0.1) is 41.4 Å². The van der Waals surface area contributed by atoms with E-state index in [1.54, 1.807) is 0 Å². The zero-order chi connectivity index (χ0) is 9.61. The summed E-state index contributed by atoms with van der Waals surface area (Å²) in [6, 6.07) is 0. The summed E-state index contributed by atoms with van der Waals surface area (Å²) in [5.74, 6) is 0. The average Bonchev–Trinajstić information content (AvgIpc) is 1.96. The highest BCUT2D eigenvalue weighted by Gasteiger charge is 2.26. The lowest BCUT2D eigenvalue weighted by Crippen LogP contribution is -2.26. The van der Waals surface area contributed by atoms with Crippen LogP contribution in [0.2, 0.25) is 0 Å². The maximum absolute atomic E-state index is 5.98. The third kappa shape index (κ3) is 6.35. The molecule has 0 heterocycles. The molecule has 0 rings (SSSR count). The monoisotopic (exact) mass is 244 g/mol. The van der Waals surface area contributed by atoms with E-state index in [4.69, 9.17) is 34.8 Å². The third-order valence-electron chi connectivity index (χ3n) is 1.67. The Kier molecular flexibility index (Phi) is 6.74. The molecule has 0 aromatic rings. The Morgan fingerprint density at radius 2 is 2.00 bits per heavy atom. The number of allylic oxidation sites excluding steroid dienone is 1. The lowest BCUT2D eigenvalue weighted by molar-refractivity contribution is 0.660. The minimum absolute atomic E-state index is 0.0997. The van der Waals surface area contributed by atoms with Crippen molar-refractivity contribution in [3.63, 3.8) is 0 Å². The van der Waals surface area contributed by atoms with E-state index in [1.807, 2.05) is 6.08 Å². The van der Waals surface area contributed by atoms with E-state index in [1.165, 1.54) is 0 Å². The summed E-state index contributed by atoms with van der Waals surface area (Å²) >= 11 is 17.7. The van der Waals surface area contributed by atoms with Gasteiger partial charge >= 0.3 is 0 Å². The fraction of sp³-hybridized carbons (Fsp3) is 0.750. The van der Waals surface area contributed by atoms with Crippen LogP contribution in [0, 0.1) is 0 Å². The van der Waals surface area contributed by atoms with Gasteiger partial charge in [-0.2, -0.15) is 0 Å². The third-order valence-corrected chi connectivity index (χ3v) is 4.13. The Hall–Kier alpha value is 0.827. The normalized spacial score (nSPS) is 14.6. The van der Waals surface area contributed by atoms with Crippen LogP contribution in [0.4, 0.5) is 0 Å². The lowest BCUT2D eigenvalue weighted by atomic mass is 10.1. The van der Waals surface area contributed by atoms with Crippen molar-refractivity contribution in [3.05, 3.63) is 12.7 Å². The predicted molar refractivity (Wildman–Crippen MR) is 62.7 cm³/mol. The minimum atomic E-state index is -0.671. The van der Waals surface area contributed by atoms with Crippen molar-refractivity contribution in [3.8, 4) is 0 Å². The second-order valence-electron chi connectivity index (χ2n) is 3.00. The maximum atomic E-state index is 5.98. The van der Waals surface area contributed by atoms with Crippen LogP contribution in [0.15, 0.2) is 12.7 Å². The van der Waals surface area contributed by atoms with Crippen LogP contribution in [0.5, 0.6) is 0 Å². The Bertz CT molecular complexity index is 131. The molecule has 72 valence electrons. The molecule has 0 spiro atoms. The summed E-state index contributed by atoms with van der Waals surface area (Å²) in [6.45, 7) is 3.65. The fourth-order valence-electron chi connectivity index (χ4n) is 0.866. The highest BCUT2D eigenvalue weighted by molar-refractivity contribution is 6.67. The quantitative estimate of drug-likeness (QED) is 0.292. The maximum Gasteiger partial charge on any atom is 0.113 e. The molecule has 0 aromatic heterocycles. The molecule has 0 fully saturated rings. The van der Waals surface area contributed by atoms with E-state index in [2.05, 4.69) is 6.58 Å². The van der Waals surface area contributed by atoms with Crippen molar-refractivity contribution in [1.82, 2.24) is 0 Å². The number of alkyl halides is 3. The summed E-state index contributed by atoms with van der Waals surface area (Å²) in [5, 5.41) is -0.0997. The smallest absolute Gasteiger partial charge is 0.113 e. The van der Waals surface area contributed by atoms with E-state index in [0.717, 1.165) is 25.7 Å². The molecule has 0 N–H and O–H groups in total. The fourth-order valence-corrected chi connectivity index (χ4v) is 1.53. The standard InChI is InChI=1S/C8H15Cl3Si/c1-2-3-4-5-6-7(9)8(10,11)12/h2,7H,1,3-6H2,12H3. The summed E-state index contributed by atoms with van der Waals surface area (Å²) in [6.07, 6.45) is 6.05. The van der Waals surface area contributed by atoms with Gasteiger partial charge in [0.15, 0.2) is 0 Å². The highest BCUT2D eigenvalue weighted by atomic mass is 35.5. The van der Waals surface area contributed by atoms with E-state index >= 15 is 0 Å². The molecule has 1 atom stereocenters. The van der Waals surface area contributed by atoms with Gasteiger partial charge in [-0.25, -0.2) is 0 Å². The predicted octanol–water partition coefficient (Wildman–Crippen LogP) is 2.84. The van der Waals surface area contributed by atoms with Crippen LogP contribution in [-0.4, -0.2) is 19.6 Å². The molecule has 0 aliphatic heterocycles. The summed E-state index contributed by atoms with van der Waals surface area (Å²) in [7, 11) is 0.710. The van der Waals surface area contributed by atoms with Gasteiger partial charge in [0.1, 0.15) is 3.96 Å². The van der Waals surface area contributed by atoms with E-state index in [0.29, 0.717) is 10.2 Å². The van der Waals surface area contributed by atoms with E-state index in [-0.39, 0.29) is 5.38 Å². The zero-order valence-electron chi connectivity index (χ0n) is 7.32. The van der Waals surface area contributed by atoms with Crippen molar-refractivity contribution < 1.29 is 0 Å². The molecule has 0 aliphatic carbocycles. The van der Waals surface area contributed by atoms with E-state index < -0.39 is 3.96 Å². The number of halogens is 3. The van der Waals surface area contributed by atoms with Crippen molar-refractivity contribution >= 4 is 45.0 Å². The molecule has 0 bridgehead atoms. The molecule has 12 heavy (non-hydrogen) atoms. The van der Waals surface area contributed by atoms with Crippen LogP contribution in [-0.2, 0) is 0 Å². The van der Waals surface area contributed by atoms with Gasteiger partial charge < -0.3 is 0 Å². The number of hydrogen-bond acceptors (Lipinski definition) is 0. The SMILES string of the molecule is C=CCCCCC(Cl)C([SiH3])(Cl)Cl. The molecule has 0 radical (unpaired) electrons. The van der Waals surface area contributed by atoms with Gasteiger partial charge in [0.25, 0.3) is 0 Å². The summed E-state index contributed by atoms with van der Waals surface area (Å²) in [5.41, 5.74) is 0. The van der Waals surface area contributed by atoms with Crippen LogP contribution < -0.4 is 0 Å². The first-order chi connectivity index (χ1) is 5.48. The molecule has 1 unspecified atom stereocenters. The Morgan fingerprint density at radius 3 is 2.42 bits per heavy atom. The molecule has 0 aliphatic rings. The van der Waals surface area contributed by atoms with Crippen molar-refractivity contribution in [2.45, 2.75) is 35.0 Å². The van der Waals surface area contributed by atoms with Gasteiger partial charge in [0, 0.05) is 0 Å². The first kappa shape index (κ1) is 12.8. The van der Waals surface area contributed by atoms with Gasteiger partial charge in [-0.1, -0.05) is 12.5 Å². The van der Waals surface area contributed by atoms with E-state index in [9.17, 15) is 0 Å². The van der Waals surface area contributed by atoms with Gasteiger partial charge in [0.2, 0.25) is 0 Å². The van der Waals surface area contributed by atoms with Crippen LogP contribution in [0.3, 0.4) is 0 Å². The molecule has 0 nitrogen and oxygen atoms in total. The van der Waals surface area contributed by atoms with Crippen molar-refractivity contribution in [1.29, 1.82) is 0 Å². The first-order valence-electron chi connectivity index (χ1n) is 4.11. The first-order valence-corrected chi connectivity index (χ1v) is 6.30. The molecular formula is C8H15Cl3Si. The Balaban J connectivity index is 3.44. The van der Waals surface area contributed by atoms with Gasteiger partial charge in [-0.3, -0.25) is 0 Å². The molecule has 0 aromatic carbocycles. The molecule has 0 saturated carbocycles. The van der Waals surface area contributed by atoms with Crippen molar-refractivity contribution in [2.75, 3.05) is 0 Å². The molecule has 0 amide bonds. The highest BCUT2D eigenvalue weighted by Crippen LogP contribution is 2.29. The zero-order valence-corrected chi connectivity index (χ0v) is 11.6. The van der Waals surface area contributed by atoms with Crippen molar-refractivity contribution in [2.24, 2.45) is 0 Å². The largest absolute Gasteiger partial charge is 0.120 e. The van der Waals surface area contributed by atoms with Crippen LogP contribution >= 0.6 is 34.8 Å².